The summed E-state index contributed by atoms with van der Waals surface area (Å²) in [5.74, 6) is 0.262. The van der Waals surface area contributed by atoms with E-state index in [1.54, 1.807) is 26.2 Å². The minimum Gasteiger partial charge on any atom is -0.506 e. The van der Waals surface area contributed by atoms with Gasteiger partial charge in [-0.1, -0.05) is 36.4 Å². The van der Waals surface area contributed by atoms with Crippen LogP contribution in [0.3, 0.4) is 0 Å². The largest absolute Gasteiger partial charge is 0.506 e. The number of ether oxygens (including phenoxy) is 2. The molecule has 4 aromatic heterocycles. The van der Waals surface area contributed by atoms with Crippen LogP contribution >= 0.6 is 24.8 Å². The zero-order valence-corrected chi connectivity index (χ0v) is 29.7. The van der Waals surface area contributed by atoms with Gasteiger partial charge in [-0.15, -0.1) is 24.8 Å². The molecule has 0 radical (unpaired) electrons. The van der Waals surface area contributed by atoms with Crippen molar-refractivity contribution in [1.82, 2.24) is 29.5 Å². The molecule has 0 saturated heterocycles. The van der Waals surface area contributed by atoms with Gasteiger partial charge in [-0.2, -0.15) is 10.2 Å². The van der Waals surface area contributed by atoms with Gasteiger partial charge in [-0.3, -0.25) is 9.97 Å². The summed E-state index contributed by atoms with van der Waals surface area (Å²) in [6, 6.07) is 18.8. The smallest absolute Gasteiger partial charge is 0.220 e. The minimum absolute atomic E-state index is 0. The van der Waals surface area contributed by atoms with E-state index >= 15 is 0 Å². The Hall–Kier alpha value is -5.18. The van der Waals surface area contributed by atoms with Crippen LogP contribution in [0.1, 0.15) is 68.4 Å². The number of pyridine rings is 2. The molecule has 8 rings (SSSR count). The average Bonchev–Trinajstić information content (AvgIpc) is 3.85. The van der Waals surface area contributed by atoms with E-state index in [1.165, 1.54) is 9.36 Å². The lowest BCUT2D eigenvalue weighted by atomic mass is 9.99. The fraction of sp³-hybridized carbons (Fsp3) is 0.222. The topological polar surface area (TPSA) is 192 Å². The van der Waals surface area contributed by atoms with E-state index in [0.717, 1.165) is 22.5 Å². The molecule has 51 heavy (non-hydrogen) atoms. The highest BCUT2D eigenvalue weighted by molar-refractivity contribution is 5.85. The van der Waals surface area contributed by atoms with Crippen molar-refractivity contribution in [2.24, 2.45) is 0 Å². The van der Waals surface area contributed by atoms with Gasteiger partial charge in [-0.25, -0.2) is 9.36 Å². The van der Waals surface area contributed by atoms with E-state index in [9.17, 15) is 20.4 Å². The maximum Gasteiger partial charge on any atom is 0.220 e. The Balaban J connectivity index is 0.000000216. The molecule has 2 aliphatic heterocycles. The molecule has 0 saturated carbocycles. The Labute approximate surface area is 305 Å². The number of rotatable bonds is 4. The predicted octanol–water partition coefficient (Wildman–Crippen LogP) is 5.85. The highest BCUT2D eigenvalue weighted by Crippen LogP contribution is 2.47. The molecule has 2 unspecified atom stereocenters. The number of aromatic hydroxyl groups is 4. The molecule has 2 aromatic carbocycles. The maximum absolute atomic E-state index is 10.7. The van der Waals surface area contributed by atoms with Gasteiger partial charge in [0, 0.05) is 34.6 Å². The first-order valence-corrected chi connectivity index (χ1v) is 15.4. The van der Waals surface area contributed by atoms with Crippen LogP contribution < -0.4 is 0 Å². The molecule has 13 nitrogen and oxygen atoms in total. The quantitative estimate of drug-likeness (QED) is 0.171. The van der Waals surface area contributed by atoms with Crippen molar-refractivity contribution >= 4 is 24.8 Å². The van der Waals surface area contributed by atoms with Crippen LogP contribution in [0.5, 0.6) is 23.3 Å². The monoisotopic (exact) mass is 736 g/mol. The van der Waals surface area contributed by atoms with Crippen molar-refractivity contribution in [3.8, 4) is 34.6 Å². The third-order valence-electron chi connectivity index (χ3n) is 8.74. The fourth-order valence-corrected chi connectivity index (χ4v) is 6.25. The van der Waals surface area contributed by atoms with Crippen molar-refractivity contribution in [2.75, 3.05) is 0 Å². The predicted molar refractivity (Wildman–Crippen MR) is 193 cm³/mol. The molecular formula is C36H38Cl2N6O7. The van der Waals surface area contributed by atoms with E-state index < -0.39 is 12.2 Å². The second kappa shape index (κ2) is 15.4. The van der Waals surface area contributed by atoms with Gasteiger partial charge < -0.3 is 35.4 Å². The van der Waals surface area contributed by atoms with Crippen molar-refractivity contribution < 1.29 is 35.4 Å². The minimum atomic E-state index is -0.556. The van der Waals surface area contributed by atoms with Gasteiger partial charge in [0.05, 0.1) is 58.5 Å². The lowest BCUT2D eigenvalue weighted by Crippen LogP contribution is -2.02. The fourth-order valence-electron chi connectivity index (χ4n) is 6.25. The third kappa shape index (κ3) is 6.69. The van der Waals surface area contributed by atoms with Crippen LogP contribution in [0.15, 0.2) is 73.1 Å². The Bertz CT molecular complexity index is 2010. The highest BCUT2D eigenvalue weighted by atomic mass is 35.5. The van der Waals surface area contributed by atoms with Crippen molar-refractivity contribution in [3.05, 3.63) is 129 Å². The summed E-state index contributed by atoms with van der Waals surface area (Å²) in [7, 11) is 0. The zero-order chi connectivity index (χ0) is 33.7. The zero-order valence-electron chi connectivity index (χ0n) is 28.1. The first-order valence-electron chi connectivity index (χ1n) is 15.4. The lowest BCUT2D eigenvalue weighted by Gasteiger charge is -2.13. The summed E-state index contributed by atoms with van der Waals surface area (Å²) in [6.07, 6.45) is 2.30. The van der Waals surface area contributed by atoms with Crippen LogP contribution in [0.4, 0.5) is 0 Å². The standard InChI is InChI=1S/2C18H17N3O3.2ClH.H2O/c2*1-10-14(18(23)21(20-10)13-6-4-3-5-7-13)17-15-12(9-24-17)8-19-11(2)16(15)22;;;/h2*3-8,17,22-23H,9H2,1-2H3;2*1H;1H2. The first-order chi connectivity index (χ1) is 23.2. The Kier molecular flexibility index (Phi) is 11.6. The Morgan fingerprint density at radius 2 is 0.902 bits per heavy atom. The number of hydrogen-bond acceptors (Lipinski definition) is 10. The van der Waals surface area contributed by atoms with E-state index in [2.05, 4.69) is 20.2 Å². The highest BCUT2D eigenvalue weighted by Gasteiger charge is 2.36. The van der Waals surface area contributed by atoms with Gasteiger partial charge in [0.2, 0.25) is 11.8 Å². The summed E-state index contributed by atoms with van der Waals surface area (Å²) >= 11 is 0. The number of aryl methyl sites for hydroxylation is 4. The number of hydrogen-bond donors (Lipinski definition) is 4. The summed E-state index contributed by atoms with van der Waals surface area (Å²) in [4.78, 5) is 8.33. The molecule has 0 bridgehead atoms. The number of fused-ring (bicyclic) bond motifs is 2. The molecule has 6 aromatic rings. The third-order valence-corrected chi connectivity index (χ3v) is 8.74. The van der Waals surface area contributed by atoms with Gasteiger partial charge in [-0.05, 0) is 52.0 Å². The second-order valence-corrected chi connectivity index (χ2v) is 11.8. The normalized spacial score (nSPS) is 15.4. The van der Waals surface area contributed by atoms with Gasteiger partial charge in [0.1, 0.15) is 23.7 Å². The molecule has 0 spiro atoms. The molecule has 2 atom stereocenters. The number of para-hydroxylation sites is 2. The molecule has 2 aliphatic rings. The molecular weight excluding hydrogens is 699 g/mol. The second-order valence-electron chi connectivity index (χ2n) is 11.8. The molecule has 6 heterocycles. The van der Waals surface area contributed by atoms with Crippen LogP contribution in [0, 0.1) is 27.7 Å². The maximum atomic E-state index is 10.7. The molecule has 15 heteroatoms. The van der Waals surface area contributed by atoms with Crippen LogP contribution in [-0.2, 0) is 22.7 Å². The molecule has 6 N–H and O–H groups in total. The number of benzene rings is 2. The number of halogens is 2. The van der Waals surface area contributed by atoms with Crippen molar-refractivity contribution in [3.63, 3.8) is 0 Å². The van der Waals surface area contributed by atoms with Crippen LogP contribution in [-0.4, -0.2) is 55.4 Å². The molecule has 0 fully saturated rings. The molecule has 268 valence electrons. The van der Waals surface area contributed by atoms with E-state index in [0.29, 0.717) is 58.2 Å². The Morgan fingerprint density at radius 3 is 1.25 bits per heavy atom. The van der Waals surface area contributed by atoms with Gasteiger partial charge >= 0.3 is 0 Å². The van der Waals surface area contributed by atoms with Gasteiger partial charge in [0.15, 0.2) is 0 Å². The summed E-state index contributed by atoms with van der Waals surface area (Å²) in [5.41, 5.74) is 8.03. The van der Waals surface area contributed by atoms with Crippen LogP contribution in [0.25, 0.3) is 11.4 Å². The average molecular weight is 738 g/mol. The lowest BCUT2D eigenvalue weighted by molar-refractivity contribution is 0.0904. The van der Waals surface area contributed by atoms with E-state index in [1.807, 2.05) is 74.5 Å². The van der Waals surface area contributed by atoms with Crippen LogP contribution in [0.2, 0.25) is 0 Å². The summed E-state index contributed by atoms with van der Waals surface area (Å²) < 4.78 is 14.7. The first kappa shape index (κ1) is 38.6. The summed E-state index contributed by atoms with van der Waals surface area (Å²) in [6.45, 7) is 7.81. The molecule has 0 aliphatic carbocycles. The molecule has 0 amide bonds. The van der Waals surface area contributed by atoms with Crippen molar-refractivity contribution in [1.29, 1.82) is 0 Å². The number of nitrogens with zero attached hydrogens (tertiary/aromatic N) is 6. The SMILES string of the molecule is Cc1ncc2c(c1O)C(c1c(C)nn(-c3ccccc3)c1O)OC2.Cc1ncc2c(c1O)C(c1c(C)nn(-c3ccccc3)c1O)OC2.Cl.Cl.O. The summed E-state index contributed by atoms with van der Waals surface area (Å²) in [5, 5.41) is 51.2. The Morgan fingerprint density at radius 1 is 0.549 bits per heavy atom. The van der Waals surface area contributed by atoms with E-state index in [4.69, 9.17) is 9.47 Å². The van der Waals surface area contributed by atoms with Gasteiger partial charge in [0.25, 0.3) is 0 Å². The van der Waals surface area contributed by atoms with E-state index in [-0.39, 0.29) is 53.5 Å². The van der Waals surface area contributed by atoms with Crippen molar-refractivity contribution in [2.45, 2.75) is 53.1 Å². The number of aromatic nitrogens is 6.